The van der Waals surface area contributed by atoms with Crippen molar-refractivity contribution in [1.29, 1.82) is 0 Å². The number of primary sulfonamides is 1. The number of aliphatic hydroxyl groups is 1. The number of hydrogen-bond acceptors (Lipinski definition) is 9. The fourth-order valence-corrected chi connectivity index (χ4v) is 6.79. The largest absolute Gasteiger partial charge is 0.460 e. The number of hydrogen-bond donors (Lipinski definition) is 2. The van der Waals surface area contributed by atoms with Crippen molar-refractivity contribution in [3.05, 3.63) is 46.3 Å². The van der Waals surface area contributed by atoms with Crippen LogP contribution in [0.4, 0.5) is 0 Å². The number of β-amino-alcohol motifs (C(OH)–C–C–N with tert-alkyl or cyclic N) is 1. The number of nitrogens with zero attached hydrogens (tertiary/aromatic N) is 4. The molecule has 3 rings (SSSR count). The van der Waals surface area contributed by atoms with E-state index in [4.69, 9.17) is 19.2 Å². The Bertz CT molecular complexity index is 1170. The van der Waals surface area contributed by atoms with E-state index in [9.17, 15) is 23.8 Å². The van der Waals surface area contributed by atoms with E-state index in [1.807, 2.05) is 33.8 Å². The zero-order valence-electron chi connectivity index (χ0n) is 23.5. The lowest BCUT2D eigenvalue weighted by molar-refractivity contribution is -0.153. The normalized spacial score (nSPS) is 26.8. The van der Waals surface area contributed by atoms with Gasteiger partial charge in [0.25, 0.3) is 0 Å². The number of rotatable bonds is 11. The minimum absolute atomic E-state index is 0.0356. The first-order chi connectivity index (χ1) is 17.9. The Hall–Kier alpha value is -2.19. The molecule has 0 saturated carbocycles. The molecule has 14 heteroatoms. The summed E-state index contributed by atoms with van der Waals surface area (Å²) in [5.41, 5.74) is 5.73. The molecule has 1 aromatic carbocycles. The van der Waals surface area contributed by atoms with Gasteiger partial charge in [-0.15, -0.1) is 0 Å². The Balaban J connectivity index is 1.93. The Morgan fingerprint density at radius 3 is 2.36 bits per heavy atom. The number of benzene rings is 1. The maximum Gasteiger partial charge on any atom is 0.457 e. The first-order valence-electron chi connectivity index (χ1n) is 13.0. The number of nitrogens with two attached hydrogens (primary N) is 1. The summed E-state index contributed by atoms with van der Waals surface area (Å²) in [7, 11) is -4.98. The van der Waals surface area contributed by atoms with Crippen LogP contribution >= 0.6 is 0 Å². The van der Waals surface area contributed by atoms with Gasteiger partial charge in [0.2, 0.25) is 10.0 Å². The van der Waals surface area contributed by atoms with E-state index in [-0.39, 0.29) is 26.1 Å². The molecule has 2 heterocycles. The lowest BCUT2D eigenvalue weighted by atomic mass is 9.77. The van der Waals surface area contributed by atoms with E-state index in [1.165, 1.54) is 18.7 Å². The molecule has 2 aliphatic rings. The molecule has 0 aromatic heterocycles. The maximum absolute atomic E-state index is 13.8. The molecule has 3 N–H and O–H groups in total. The predicted octanol–water partition coefficient (Wildman–Crippen LogP) is 2.97. The molecule has 0 aliphatic carbocycles. The van der Waals surface area contributed by atoms with Crippen molar-refractivity contribution in [1.82, 2.24) is 4.90 Å². The summed E-state index contributed by atoms with van der Waals surface area (Å²) >= 11 is 0. The van der Waals surface area contributed by atoms with Gasteiger partial charge >= 0.3 is 13.1 Å². The topological polar surface area (TPSA) is 177 Å². The highest BCUT2D eigenvalue weighted by Crippen LogP contribution is 2.45. The molecule has 2 saturated heterocycles. The predicted molar refractivity (Wildman–Crippen MR) is 146 cm³/mol. The molecular weight excluding hydrogens is 525 g/mol. The van der Waals surface area contributed by atoms with Crippen molar-refractivity contribution in [2.24, 2.45) is 16.2 Å². The molecule has 1 aromatic rings. The minimum atomic E-state index is -4.49. The van der Waals surface area contributed by atoms with Crippen LogP contribution in [0.25, 0.3) is 10.4 Å². The molecule has 0 radical (unpaired) electrons. The van der Waals surface area contributed by atoms with Gasteiger partial charge in [0.15, 0.2) is 5.54 Å². The molecule has 3 atom stereocenters. The summed E-state index contributed by atoms with van der Waals surface area (Å²) in [4.78, 5) is 18.0. The first-order valence-corrected chi connectivity index (χ1v) is 14.6. The first kappa shape index (κ1) is 31.3. The van der Waals surface area contributed by atoms with Crippen LogP contribution in [0.3, 0.4) is 0 Å². The van der Waals surface area contributed by atoms with Crippen LogP contribution in [-0.4, -0.2) is 72.3 Å². The SMILES string of the molecule is CC(C)(O)CN1CC(CCCB2OC(C)(C)C(C)(C)O2)C(N=[N+]=[N-])(C(=O)OCc2ccccc2)C1S(N)(=O)=O. The zero-order chi connectivity index (χ0) is 29.3. The second-order valence-corrected chi connectivity index (χ2v) is 13.7. The van der Waals surface area contributed by atoms with Gasteiger partial charge in [-0.05, 0) is 71.3 Å². The van der Waals surface area contributed by atoms with E-state index in [0.29, 0.717) is 18.3 Å². The highest BCUT2D eigenvalue weighted by atomic mass is 32.2. The van der Waals surface area contributed by atoms with Gasteiger partial charge in [-0.1, -0.05) is 41.9 Å². The lowest BCUT2D eigenvalue weighted by Gasteiger charge is -2.35. The zero-order valence-corrected chi connectivity index (χ0v) is 24.3. The average Bonchev–Trinajstić information content (AvgIpc) is 3.20. The van der Waals surface area contributed by atoms with Crippen molar-refractivity contribution >= 4 is 23.1 Å². The van der Waals surface area contributed by atoms with Gasteiger partial charge in [-0.3, -0.25) is 9.69 Å². The Labute approximate surface area is 231 Å². The number of sulfonamides is 1. The Morgan fingerprint density at radius 2 is 1.85 bits per heavy atom. The molecule has 216 valence electrons. The smallest absolute Gasteiger partial charge is 0.457 e. The maximum atomic E-state index is 13.8. The van der Waals surface area contributed by atoms with Gasteiger partial charge in [-0.25, -0.2) is 13.6 Å². The Kier molecular flexibility index (Phi) is 9.13. The van der Waals surface area contributed by atoms with Crippen LogP contribution in [0, 0.1) is 5.92 Å². The number of esters is 1. The lowest BCUT2D eigenvalue weighted by Crippen LogP contribution is -2.59. The molecule has 12 nitrogen and oxygen atoms in total. The van der Waals surface area contributed by atoms with E-state index >= 15 is 0 Å². The molecule has 3 unspecified atom stereocenters. The summed E-state index contributed by atoms with van der Waals surface area (Å²) in [5.74, 6) is -1.76. The number of likely N-dealkylation sites (tertiary alicyclic amines) is 1. The van der Waals surface area contributed by atoms with E-state index in [1.54, 1.807) is 24.3 Å². The highest BCUT2D eigenvalue weighted by molar-refractivity contribution is 7.89. The van der Waals surface area contributed by atoms with Gasteiger partial charge in [0, 0.05) is 18.0 Å². The molecular formula is C25H40BN5O7S. The van der Waals surface area contributed by atoms with Crippen LogP contribution in [0.5, 0.6) is 0 Å². The third kappa shape index (κ3) is 6.94. The van der Waals surface area contributed by atoms with Gasteiger partial charge < -0.3 is 19.2 Å². The van der Waals surface area contributed by atoms with E-state index in [2.05, 4.69) is 10.0 Å². The molecule has 2 fully saturated rings. The number of carbonyl (C=O) groups is 1. The van der Waals surface area contributed by atoms with E-state index in [0.717, 1.165) is 0 Å². The van der Waals surface area contributed by atoms with Crippen molar-refractivity contribution in [2.75, 3.05) is 13.1 Å². The van der Waals surface area contributed by atoms with Crippen molar-refractivity contribution in [3.63, 3.8) is 0 Å². The van der Waals surface area contributed by atoms with Crippen LogP contribution in [0.15, 0.2) is 35.4 Å². The molecule has 0 amide bonds. The van der Waals surface area contributed by atoms with Gasteiger partial charge in [0.05, 0.1) is 16.8 Å². The third-order valence-electron chi connectivity index (χ3n) is 7.73. The van der Waals surface area contributed by atoms with E-state index < -0.39 is 56.7 Å². The van der Waals surface area contributed by atoms with Gasteiger partial charge in [-0.2, -0.15) is 0 Å². The van der Waals surface area contributed by atoms with Crippen LogP contribution in [0.2, 0.25) is 6.32 Å². The summed E-state index contributed by atoms with van der Waals surface area (Å²) in [6.45, 7) is 10.6. The fourth-order valence-electron chi connectivity index (χ4n) is 5.38. The summed E-state index contributed by atoms with van der Waals surface area (Å²) < 4.78 is 43.7. The van der Waals surface area contributed by atoms with Crippen LogP contribution < -0.4 is 5.14 Å². The number of ether oxygens (including phenoxy) is 1. The van der Waals surface area contributed by atoms with Crippen LogP contribution in [0.1, 0.15) is 59.9 Å². The second kappa shape index (κ2) is 11.4. The molecule has 0 spiro atoms. The second-order valence-electron chi connectivity index (χ2n) is 12.1. The highest BCUT2D eigenvalue weighted by Gasteiger charge is 2.64. The van der Waals surface area contributed by atoms with Gasteiger partial charge in [0.1, 0.15) is 12.0 Å². The van der Waals surface area contributed by atoms with Crippen molar-refractivity contribution in [2.45, 2.75) is 95.0 Å². The average molecular weight is 566 g/mol. The van der Waals surface area contributed by atoms with Crippen molar-refractivity contribution < 1.29 is 32.4 Å². The molecule has 0 bridgehead atoms. The number of azide groups is 1. The molecule has 39 heavy (non-hydrogen) atoms. The quantitative estimate of drug-likeness (QED) is 0.135. The summed E-state index contributed by atoms with van der Waals surface area (Å²) in [6.07, 6.45) is 1.24. The molecule has 2 aliphatic heterocycles. The summed E-state index contributed by atoms with van der Waals surface area (Å²) in [5, 5.41) is 18.3. The standard InChI is InChI=1S/C25H40BN5O7S/c1-22(2,33)17-31-15-19(13-10-14-26-37-23(3,4)24(5,6)38-26)25(29-30-27,20(31)39(28,34)35)21(32)36-16-18-11-8-7-9-12-18/h7-9,11-12,19-20,33H,10,13-17H2,1-6H3,(H2,28,34,35). The third-order valence-corrected chi connectivity index (χ3v) is 9.01. The number of carbonyl (C=O) groups excluding carboxylic acids is 1. The fraction of sp³-hybridized carbons (Fsp3) is 0.720. The van der Waals surface area contributed by atoms with Crippen molar-refractivity contribution in [3.8, 4) is 0 Å². The Morgan fingerprint density at radius 1 is 1.26 bits per heavy atom. The minimum Gasteiger partial charge on any atom is -0.460 e. The monoisotopic (exact) mass is 565 g/mol. The summed E-state index contributed by atoms with van der Waals surface area (Å²) in [6, 6.07) is 8.87. The van der Waals surface area contributed by atoms with Crippen LogP contribution in [-0.2, 0) is 35.5 Å².